The first-order valence-electron chi connectivity index (χ1n) is 6.35. The predicted octanol–water partition coefficient (Wildman–Crippen LogP) is 1.37. The minimum atomic E-state index is 0.376. The van der Waals surface area contributed by atoms with E-state index in [1.165, 1.54) is 25.7 Å². The third-order valence-corrected chi connectivity index (χ3v) is 3.94. The second-order valence-electron chi connectivity index (χ2n) is 5.06. The molecular formula is C12H24N2O. The SMILES string of the molecule is CCC1COC(C)CN1C1CCCC1N. The number of nitrogens with two attached hydrogens (primary N) is 1. The van der Waals surface area contributed by atoms with E-state index in [9.17, 15) is 0 Å². The largest absolute Gasteiger partial charge is 0.376 e. The van der Waals surface area contributed by atoms with Crippen molar-refractivity contribution in [1.29, 1.82) is 0 Å². The predicted molar refractivity (Wildman–Crippen MR) is 61.8 cm³/mol. The molecule has 0 aromatic carbocycles. The van der Waals surface area contributed by atoms with Crippen LogP contribution in [0.2, 0.25) is 0 Å². The van der Waals surface area contributed by atoms with Crippen LogP contribution in [-0.2, 0) is 4.74 Å². The van der Waals surface area contributed by atoms with Crippen LogP contribution in [0.25, 0.3) is 0 Å². The Balaban J connectivity index is 2.02. The summed E-state index contributed by atoms with van der Waals surface area (Å²) in [6, 6.07) is 1.60. The molecule has 1 aliphatic heterocycles. The van der Waals surface area contributed by atoms with Gasteiger partial charge in [0.2, 0.25) is 0 Å². The van der Waals surface area contributed by atoms with E-state index in [1.807, 2.05) is 0 Å². The zero-order valence-electron chi connectivity index (χ0n) is 9.98. The standard InChI is InChI=1S/C12H24N2O/c1-3-10-8-15-9(2)7-14(10)12-6-4-5-11(12)13/h9-12H,3-8,13H2,1-2H3. The Morgan fingerprint density at radius 2 is 2.20 bits per heavy atom. The lowest BCUT2D eigenvalue weighted by Crippen LogP contribution is -2.56. The summed E-state index contributed by atoms with van der Waals surface area (Å²) in [6.07, 6.45) is 5.34. The molecule has 15 heavy (non-hydrogen) atoms. The Labute approximate surface area is 93.0 Å². The van der Waals surface area contributed by atoms with Crippen molar-refractivity contribution < 1.29 is 4.74 Å². The van der Waals surface area contributed by atoms with Gasteiger partial charge in [0.15, 0.2) is 0 Å². The highest BCUT2D eigenvalue weighted by molar-refractivity contribution is 4.93. The van der Waals surface area contributed by atoms with E-state index in [-0.39, 0.29) is 0 Å². The van der Waals surface area contributed by atoms with Crippen molar-refractivity contribution in [1.82, 2.24) is 4.90 Å². The summed E-state index contributed by atoms with van der Waals surface area (Å²) >= 11 is 0. The quantitative estimate of drug-likeness (QED) is 0.751. The van der Waals surface area contributed by atoms with Crippen LogP contribution in [0.15, 0.2) is 0 Å². The maximum atomic E-state index is 6.19. The van der Waals surface area contributed by atoms with Gasteiger partial charge in [-0.15, -0.1) is 0 Å². The molecule has 1 saturated carbocycles. The second kappa shape index (κ2) is 4.81. The van der Waals surface area contributed by atoms with E-state index >= 15 is 0 Å². The number of rotatable bonds is 2. The van der Waals surface area contributed by atoms with Crippen molar-refractivity contribution in [2.24, 2.45) is 5.73 Å². The topological polar surface area (TPSA) is 38.5 Å². The maximum Gasteiger partial charge on any atom is 0.0674 e. The van der Waals surface area contributed by atoms with Crippen molar-refractivity contribution in [3.63, 3.8) is 0 Å². The molecule has 3 heteroatoms. The van der Waals surface area contributed by atoms with E-state index in [1.54, 1.807) is 0 Å². The summed E-state index contributed by atoms with van der Waals surface area (Å²) in [6.45, 7) is 6.37. The Hall–Kier alpha value is -0.120. The molecule has 4 unspecified atom stereocenters. The first-order chi connectivity index (χ1) is 7.22. The molecule has 0 bridgehead atoms. The van der Waals surface area contributed by atoms with Gasteiger partial charge in [0.1, 0.15) is 0 Å². The molecule has 2 fully saturated rings. The van der Waals surface area contributed by atoms with E-state index in [2.05, 4.69) is 18.7 Å². The first kappa shape index (κ1) is 11.4. The third-order valence-electron chi connectivity index (χ3n) is 3.94. The smallest absolute Gasteiger partial charge is 0.0674 e. The normalized spacial score (nSPS) is 43.4. The zero-order valence-corrected chi connectivity index (χ0v) is 9.98. The van der Waals surface area contributed by atoms with Gasteiger partial charge >= 0.3 is 0 Å². The van der Waals surface area contributed by atoms with Crippen molar-refractivity contribution in [3.8, 4) is 0 Å². The summed E-state index contributed by atoms with van der Waals surface area (Å²) in [4.78, 5) is 2.62. The fourth-order valence-corrected chi connectivity index (χ4v) is 3.01. The van der Waals surface area contributed by atoms with Gasteiger partial charge in [0, 0.05) is 24.7 Å². The van der Waals surface area contributed by atoms with E-state index in [4.69, 9.17) is 10.5 Å². The Bertz CT molecular complexity index is 210. The first-order valence-corrected chi connectivity index (χ1v) is 6.35. The fourth-order valence-electron chi connectivity index (χ4n) is 3.01. The van der Waals surface area contributed by atoms with Crippen molar-refractivity contribution in [3.05, 3.63) is 0 Å². The lowest BCUT2D eigenvalue weighted by atomic mass is 10.0. The van der Waals surface area contributed by atoms with Gasteiger partial charge in [-0.2, -0.15) is 0 Å². The molecule has 0 radical (unpaired) electrons. The lowest BCUT2D eigenvalue weighted by molar-refractivity contribution is -0.0734. The van der Waals surface area contributed by atoms with Crippen LogP contribution in [0, 0.1) is 0 Å². The summed E-state index contributed by atoms with van der Waals surface area (Å²) in [5.41, 5.74) is 6.19. The van der Waals surface area contributed by atoms with Crippen LogP contribution in [0.1, 0.15) is 39.5 Å². The molecule has 2 rings (SSSR count). The maximum absolute atomic E-state index is 6.19. The van der Waals surface area contributed by atoms with E-state index in [0.29, 0.717) is 24.2 Å². The van der Waals surface area contributed by atoms with Crippen LogP contribution >= 0.6 is 0 Å². The number of ether oxygens (including phenoxy) is 1. The van der Waals surface area contributed by atoms with Crippen LogP contribution in [0.4, 0.5) is 0 Å². The van der Waals surface area contributed by atoms with Crippen LogP contribution in [-0.4, -0.2) is 42.3 Å². The van der Waals surface area contributed by atoms with Crippen LogP contribution in [0.3, 0.4) is 0 Å². The van der Waals surface area contributed by atoms with Crippen molar-refractivity contribution in [2.45, 2.75) is 63.8 Å². The number of nitrogens with zero attached hydrogens (tertiary/aromatic N) is 1. The van der Waals surface area contributed by atoms with Gasteiger partial charge in [-0.05, 0) is 26.2 Å². The molecular weight excluding hydrogens is 188 g/mol. The highest BCUT2D eigenvalue weighted by Gasteiger charge is 2.36. The average molecular weight is 212 g/mol. The minimum absolute atomic E-state index is 0.376. The van der Waals surface area contributed by atoms with Gasteiger partial charge in [-0.1, -0.05) is 13.3 Å². The van der Waals surface area contributed by atoms with Gasteiger partial charge < -0.3 is 10.5 Å². The average Bonchev–Trinajstić information content (AvgIpc) is 2.64. The summed E-state index contributed by atoms with van der Waals surface area (Å²) < 4.78 is 5.72. The Morgan fingerprint density at radius 1 is 1.40 bits per heavy atom. The molecule has 0 aromatic rings. The van der Waals surface area contributed by atoms with Gasteiger partial charge in [0.05, 0.1) is 12.7 Å². The monoisotopic (exact) mass is 212 g/mol. The molecule has 88 valence electrons. The molecule has 3 nitrogen and oxygen atoms in total. The number of hydrogen-bond donors (Lipinski definition) is 1. The molecule has 2 aliphatic rings. The van der Waals surface area contributed by atoms with Crippen molar-refractivity contribution >= 4 is 0 Å². The van der Waals surface area contributed by atoms with E-state index < -0.39 is 0 Å². The Kier molecular flexibility index (Phi) is 3.65. The second-order valence-corrected chi connectivity index (χ2v) is 5.06. The van der Waals surface area contributed by atoms with Gasteiger partial charge in [-0.25, -0.2) is 0 Å². The number of hydrogen-bond acceptors (Lipinski definition) is 3. The summed E-state index contributed by atoms with van der Waals surface area (Å²) in [5.74, 6) is 0. The van der Waals surface area contributed by atoms with Gasteiger partial charge in [0.25, 0.3) is 0 Å². The highest BCUT2D eigenvalue weighted by Crippen LogP contribution is 2.27. The van der Waals surface area contributed by atoms with E-state index in [0.717, 1.165) is 13.2 Å². The molecule has 0 amide bonds. The van der Waals surface area contributed by atoms with Crippen LogP contribution in [0.5, 0.6) is 0 Å². The molecule has 0 spiro atoms. The minimum Gasteiger partial charge on any atom is -0.376 e. The van der Waals surface area contributed by atoms with Gasteiger partial charge in [-0.3, -0.25) is 4.90 Å². The number of morpholine rings is 1. The fraction of sp³-hybridized carbons (Fsp3) is 1.00. The Morgan fingerprint density at radius 3 is 2.80 bits per heavy atom. The molecule has 1 aliphatic carbocycles. The summed E-state index contributed by atoms with van der Waals surface area (Å²) in [5, 5.41) is 0. The lowest BCUT2D eigenvalue weighted by Gasteiger charge is -2.43. The van der Waals surface area contributed by atoms with Crippen LogP contribution < -0.4 is 5.73 Å². The zero-order chi connectivity index (χ0) is 10.8. The molecule has 1 heterocycles. The molecule has 1 saturated heterocycles. The molecule has 0 aromatic heterocycles. The third kappa shape index (κ3) is 2.35. The summed E-state index contributed by atoms with van der Waals surface area (Å²) in [7, 11) is 0. The molecule has 4 atom stereocenters. The molecule has 2 N–H and O–H groups in total. The van der Waals surface area contributed by atoms with Crippen molar-refractivity contribution in [2.75, 3.05) is 13.2 Å². The highest BCUT2D eigenvalue weighted by atomic mass is 16.5.